The molecule has 0 heterocycles. The van der Waals surface area contributed by atoms with Gasteiger partial charge in [-0.2, -0.15) is 0 Å². The number of nitrogens with two attached hydrogens (primary N) is 2. The highest BCUT2D eigenvalue weighted by molar-refractivity contribution is 9.10. The molecular formula is C11H16BrN3O. The van der Waals surface area contributed by atoms with Crippen molar-refractivity contribution in [3.63, 3.8) is 0 Å². The second-order valence-corrected chi connectivity index (χ2v) is 4.75. The number of primary amides is 1. The first kappa shape index (κ1) is 12.8. The number of hydrogen-bond acceptors (Lipinski definition) is 3. The molecule has 0 atom stereocenters. The van der Waals surface area contributed by atoms with Crippen molar-refractivity contribution >= 4 is 33.2 Å². The molecule has 16 heavy (non-hydrogen) atoms. The number of nitrogens with zero attached hydrogens (tertiary/aromatic N) is 1. The lowest BCUT2D eigenvalue weighted by molar-refractivity contribution is -0.116. The average Bonchev–Trinajstić information content (AvgIpc) is 2.14. The molecule has 0 saturated carbocycles. The Hall–Kier alpha value is -1.23. The molecule has 88 valence electrons. The fraction of sp³-hybridized carbons (Fsp3) is 0.364. The maximum atomic E-state index is 11.0. The Balaban J connectivity index is 3.05. The molecule has 0 bridgehead atoms. The van der Waals surface area contributed by atoms with Crippen LogP contribution in [0, 0.1) is 0 Å². The molecule has 1 aromatic rings. The molecule has 0 saturated heterocycles. The van der Waals surface area contributed by atoms with Gasteiger partial charge in [0.05, 0.1) is 12.2 Å². The summed E-state index contributed by atoms with van der Waals surface area (Å²) in [6.45, 7) is 4.21. The van der Waals surface area contributed by atoms with Gasteiger partial charge in [0.2, 0.25) is 5.91 Å². The lowest BCUT2D eigenvalue weighted by Crippen LogP contribution is -2.38. The highest BCUT2D eigenvalue weighted by Gasteiger charge is 2.15. The van der Waals surface area contributed by atoms with Crippen LogP contribution in [0.5, 0.6) is 0 Å². The lowest BCUT2D eigenvalue weighted by atomic mass is 10.2. The highest BCUT2D eigenvalue weighted by Crippen LogP contribution is 2.29. The van der Waals surface area contributed by atoms with Gasteiger partial charge in [0.15, 0.2) is 0 Å². The summed E-state index contributed by atoms with van der Waals surface area (Å²) in [6.07, 6.45) is 0. The standard InChI is InChI=1S/C11H16BrN3O/c1-7(2)15(6-11(14)16)10-4-3-8(13)5-9(10)12/h3-5,7H,6,13H2,1-2H3,(H2,14,16). The Morgan fingerprint density at radius 1 is 1.50 bits per heavy atom. The van der Waals surface area contributed by atoms with E-state index in [1.54, 1.807) is 6.07 Å². The van der Waals surface area contributed by atoms with E-state index < -0.39 is 0 Å². The van der Waals surface area contributed by atoms with Crippen LogP contribution in [0.1, 0.15) is 13.8 Å². The SMILES string of the molecule is CC(C)N(CC(N)=O)c1ccc(N)cc1Br. The number of halogens is 1. The molecule has 0 aromatic heterocycles. The minimum atomic E-state index is -0.350. The van der Waals surface area contributed by atoms with Crippen molar-refractivity contribution in [3.8, 4) is 0 Å². The Bertz CT molecular complexity index is 393. The normalized spacial score (nSPS) is 10.5. The number of carbonyl (C=O) groups is 1. The topological polar surface area (TPSA) is 72.3 Å². The molecule has 0 aliphatic heterocycles. The Labute approximate surface area is 104 Å². The van der Waals surface area contributed by atoms with Crippen LogP contribution in [0.15, 0.2) is 22.7 Å². The Morgan fingerprint density at radius 2 is 2.12 bits per heavy atom. The summed E-state index contributed by atoms with van der Waals surface area (Å²) in [7, 11) is 0. The van der Waals surface area contributed by atoms with E-state index in [0.717, 1.165) is 10.2 Å². The summed E-state index contributed by atoms with van der Waals surface area (Å²) in [5, 5.41) is 0. The zero-order valence-corrected chi connectivity index (χ0v) is 11.0. The molecule has 1 aromatic carbocycles. The monoisotopic (exact) mass is 285 g/mol. The second-order valence-electron chi connectivity index (χ2n) is 3.90. The van der Waals surface area contributed by atoms with Gasteiger partial charge in [0, 0.05) is 16.2 Å². The number of rotatable bonds is 4. The molecular weight excluding hydrogens is 270 g/mol. The number of anilines is 2. The molecule has 0 spiro atoms. The molecule has 0 fully saturated rings. The zero-order chi connectivity index (χ0) is 12.3. The molecule has 0 aliphatic rings. The first-order chi connectivity index (χ1) is 7.41. The third-order valence-electron chi connectivity index (χ3n) is 2.23. The summed E-state index contributed by atoms with van der Waals surface area (Å²) in [5.41, 5.74) is 12.5. The first-order valence-electron chi connectivity index (χ1n) is 5.01. The van der Waals surface area contributed by atoms with Crippen molar-refractivity contribution in [2.45, 2.75) is 19.9 Å². The van der Waals surface area contributed by atoms with Crippen LogP contribution in [0.3, 0.4) is 0 Å². The minimum Gasteiger partial charge on any atom is -0.399 e. The highest BCUT2D eigenvalue weighted by atomic mass is 79.9. The summed E-state index contributed by atoms with van der Waals surface area (Å²) in [4.78, 5) is 12.9. The third-order valence-corrected chi connectivity index (χ3v) is 2.87. The predicted molar refractivity (Wildman–Crippen MR) is 70.2 cm³/mol. The Kier molecular flexibility index (Phi) is 4.18. The maximum absolute atomic E-state index is 11.0. The van der Waals surface area contributed by atoms with E-state index in [-0.39, 0.29) is 18.5 Å². The van der Waals surface area contributed by atoms with Crippen molar-refractivity contribution in [1.29, 1.82) is 0 Å². The van der Waals surface area contributed by atoms with Crippen molar-refractivity contribution < 1.29 is 4.79 Å². The average molecular weight is 286 g/mol. The van der Waals surface area contributed by atoms with E-state index in [4.69, 9.17) is 11.5 Å². The Morgan fingerprint density at radius 3 is 2.56 bits per heavy atom. The number of nitrogen functional groups attached to an aromatic ring is 1. The fourth-order valence-electron chi connectivity index (χ4n) is 1.47. The van der Waals surface area contributed by atoms with Gasteiger partial charge in [-0.15, -0.1) is 0 Å². The largest absolute Gasteiger partial charge is 0.399 e. The van der Waals surface area contributed by atoms with E-state index in [1.165, 1.54) is 0 Å². The zero-order valence-electron chi connectivity index (χ0n) is 9.40. The van der Waals surface area contributed by atoms with Gasteiger partial charge >= 0.3 is 0 Å². The van der Waals surface area contributed by atoms with Crippen LogP contribution in [-0.4, -0.2) is 18.5 Å². The van der Waals surface area contributed by atoms with Gasteiger partial charge < -0.3 is 16.4 Å². The number of amides is 1. The predicted octanol–water partition coefficient (Wildman–Crippen LogP) is 1.73. The van der Waals surface area contributed by atoms with Gasteiger partial charge in [0.25, 0.3) is 0 Å². The molecule has 1 amide bonds. The molecule has 0 radical (unpaired) electrons. The molecule has 4 N–H and O–H groups in total. The summed E-state index contributed by atoms with van der Waals surface area (Å²) in [6, 6.07) is 5.68. The smallest absolute Gasteiger partial charge is 0.236 e. The minimum absolute atomic E-state index is 0.187. The van der Waals surface area contributed by atoms with Crippen molar-refractivity contribution in [2.75, 3.05) is 17.2 Å². The van der Waals surface area contributed by atoms with Gasteiger partial charge in [-0.3, -0.25) is 4.79 Å². The van der Waals surface area contributed by atoms with Crippen LogP contribution < -0.4 is 16.4 Å². The van der Waals surface area contributed by atoms with Gasteiger partial charge in [0.1, 0.15) is 0 Å². The quantitative estimate of drug-likeness (QED) is 0.828. The van der Waals surface area contributed by atoms with Crippen LogP contribution in [-0.2, 0) is 4.79 Å². The van der Waals surface area contributed by atoms with Crippen LogP contribution in [0.2, 0.25) is 0 Å². The van der Waals surface area contributed by atoms with Crippen molar-refractivity contribution in [1.82, 2.24) is 0 Å². The van der Waals surface area contributed by atoms with E-state index >= 15 is 0 Å². The van der Waals surface area contributed by atoms with Gasteiger partial charge in [-0.25, -0.2) is 0 Å². The first-order valence-corrected chi connectivity index (χ1v) is 5.81. The summed E-state index contributed by atoms with van der Waals surface area (Å²) < 4.78 is 0.863. The van der Waals surface area contributed by atoms with E-state index in [9.17, 15) is 4.79 Å². The number of hydrogen-bond donors (Lipinski definition) is 2. The molecule has 0 aliphatic carbocycles. The molecule has 5 heteroatoms. The second kappa shape index (κ2) is 5.21. The fourth-order valence-corrected chi connectivity index (χ4v) is 2.09. The third kappa shape index (κ3) is 3.13. The summed E-state index contributed by atoms with van der Waals surface area (Å²) >= 11 is 3.43. The maximum Gasteiger partial charge on any atom is 0.236 e. The van der Waals surface area contributed by atoms with Crippen LogP contribution in [0.4, 0.5) is 11.4 Å². The molecule has 4 nitrogen and oxygen atoms in total. The van der Waals surface area contributed by atoms with E-state index in [2.05, 4.69) is 15.9 Å². The summed E-state index contributed by atoms with van der Waals surface area (Å²) in [5.74, 6) is -0.350. The van der Waals surface area contributed by atoms with E-state index in [1.807, 2.05) is 30.9 Å². The molecule has 0 unspecified atom stereocenters. The number of benzene rings is 1. The molecule has 1 rings (SSSR count). The van der Waals surface area contributed by atoms with Crippen LogP contribution >= 0.6 is 15.9 Å². The number of carbonyl (C=O) groups excluding carboxylic acids is 1. The van der Waals surface area contributed by atoms with Gasteiger partial charge in [-0.05, 0) is 48.0 Å². The van der Waals surface area contributed by atoms with Crippen molar-refractivity contribution in [2.24, 2.45) is 5.73 Å². The lowest BCUT2D eigenvalue weighted by Gasteiger charge is -2.28. The van der Waals surface area contributed by atoms with Crippen molar-refractivity contribution in [3.05, 3.63) is 22.7 Å². The van der Waals surface area contributed by atoms with E-state index in [0.29, 0.717) is 5.69 Å². The van der Waals surface area contributed by atoms with Crippen LogP contribution in [0.25, 0.3) is 0 Å². The van der Waals surface area contributed by atoms with Gasteiger partial charge in [-0.1, -0.05) is 0 Å².